The lowest BCUT2D eigenvalue weighted by Gasteiger charge is -2.30. The molecule has 0 radical (unpaired) electrons. The molecule has 68 valence electrons. The Morgan fingerprint density at radius 3 is 2.69 bits per heavy atom. The van der Waals surface area contributed by atoms with Crippen LogP contribution >= 0.6 is 11.6 Å². The lowest BCUT2D eigenvalue weighted by atomic mass is 9.97. The van der Waals surface area contributed by atoms with E-state index in [1.807, 2.05) is 30.3 Å². The van der Waals surface area contributed by atoms with Crippen molar-refractivity contribution in [2.75, 3.05) is 5.32 Å². The van der Waals surface area contributed by atoms with Crippen LogP contribution in [0.2, 0.25) is 0 Å². The van der Waals surface area contributed by atoms with Crippen LogP contribution in [0.25, 0.3) is 5.03 Å². The molecule has 0 atom stereocenters. The molecular formula is C11H12ClN. The summed E-state index contributed by atoms with van der Waals surface area (Å²) in [4.78, 5) is 0. The molecule has 2 rings (SSSR count). The van der Waals surface area contributed by atoms with Crippen molar-refractivity contribution < 1.29 is 0 Å². The molecule has 0 saturated heterocycles. The van der Waals surface area contributed by atoms with E-state index in [0.717, 1.165) is 16.3 Å². The van der Waals surface area contributed by atoms with Crippen molar-refractivity contribution >= 4 is 22.3 Å². The third kappa shape index (κ3) is 1.56. The molecule has 0 amide bonds. The Morgan fingerprint density at radius 1 is 1.23 bits per heavy atom. The summed E-state index contributed by atoms with van der Waals surface area (Å²) in [7, 11) is 0. The van der Waals surface area contributed by atoms with Crippen LogP contribution in [0.5, 0.6) is 0 Å². The molecule has 0 aromatic heterocycles. The summed E-state index contributed by atoms with van der Waals surface area (Å²) in [5.74, 6) is 0. The number of hydrogen-bond acceptors (Lipinski definition) is 1. The van der Waals surface area contributed by atoms with E-state index >= 15 is 0 Å². The van der Waals surface area contributed by atoms with Gasteiger partial charge in [0.05, 0.1) is 5.54 Å². The maximum atomic E-state index is 6.15. The zero-order valence-electron chi connectivity index (χ0n) is 7.76. The number of anilines is 1. The van der Waals surface area contributed by atoms with Gasteiger partial charge in [-0.15, -0.1) is 0 Å². The molecule has 13 heavy (non-hydrogen) atoms. The molecule has 1 heterocycles. The Kier molecular flexibility index (Phi) is 1.85. The van der Waals surface area contributed by atoms with E-state index in [2.05, 4.69) is 19.2 Å². The first kappa shape index (κ1) is 8.64. The van der Waals surface area contributed by atoms with Gasteiger partial charge in [0.25, 0.3) is 0 Å². The molecule has 1 N–H and O–H groups in total. The molecule has 1 aromatic rings. The minimum atomic E-state index is -0.0502. The second-order valence-electron chi connectivity index (χ2n) is 3.88. The van der Waals surface area contributed by atoms with E-state index in [1.165, 1.54) is 0 Å². The fraction of sp³-hybridized carbons (Fsp3) is 0.273. The fourth-order valence-corrected chi connectivity index (χ4v) is 2.02. The quantitative estimate of drug-likeness (QED) is 0.666. The molecule has 0 bridgehead atoms. The summed E-state index contributed by atoms with van der Waals surface area (Å²) in [5, 5.41) is 4.24. The predicted octanol–water partition coefficient (Wildman–Crippen LogP) is 3.47. The van der Waals surface area contributed by atoms with Gasteiger partial charge in [-0.2, -0.15) is 0 Å². The van der Waals surface area contributed by atoms with Crippen LogP contribution in [0.1, 0.15) is 19.4 Å². The second kappa shape index (κ2) is 2.78. The fourth-order valence-electron chi connectivity index (χ4n) is 1.58. The SMILES string of the molecule is CC1(C)C=C(Cl)c2ccccc2N1. The Hall–Kier alpha value is -0.950. The van der Waals surface area contributed by atoms with Gasteiger partial charge in [-0.25, -0.2) is 0 Å². The third-order valence-corrected chi connectivity index (χ3v) is 2.44. The average molecular weight is 194 g/mol. The summed E-state index contributed by atoms with van der Waals surface area (Å²) in [6, 6.07) is 8.08. The van der Waals surface area contributed by atoms with Gasteiger partial charge < -0.3 is 5.32 Å². The first-order chi connectivity index (χ1) is 6.08. The second-order valence-corrected chi connectivity index (χ2v) is 4.29. The number of benzene rings is 1. The molecule has 0 saturated carbocycles. The van der Waals surface area contributed by atoms with Crippen LogP contribution in [0.3, 0.4) is 0 Å². The van der Waals surface area contributed by atoms with Gasteiger partial charge in [0.15, 0.2) is 0 Å². The number of rotatable bonds is 0. The summed E-state index contributed by atoms with van der Waals surface area (Å²) in [6.45, 7) is 4.20. The summed E-state index contributed by atoms with van der Waals surface area (Å²) < 4.78 is 0. The van der Waals surface area contributed by atoms with Gasteiger partial charge in [-0.05, 0) is 26.0 Å². The van der Waals surface area contributed by atoms with Crippen LogP contribution in [-0.4, -0.2) is 5.54 Å². The lowest BCUT2D eigenvalue weighted by molar-refractivity contribution is 0.710. The molecule has 2 heteroatoms. The highest BCUT2D eigenvalue weighted by molar-refractivity contribution is 6.49. The smallest absolute Gasteiger partial charge is 0.0517 e. The van der Waals surface area contributed by atoms with Gasteiger partial charge in [-0.3, -0.25) is 0 Å². The summed E-state index contributed by atoms with van der Waals surface area (Å²) in [6.07, 6.45) is 2.04. The molecular weight excluding hydrogens is 182 g/mol. The van der Waals surface area contributed by atoms with E-state index in [0.29, 0.717) is 0 Å². The number of hydrogen-bond donors (Lipinski definition) is 1. The molecule has 0 unspecified atom stereocenters. The number of para-hydroxylation sites is 1. The highest BCUT2D eigenvalue weighted by atomic mass is 35.5. The number of fused-ring (bicyclic) bond motifs is 1. The van der Waals surface area contributed by atoms with E-state index in [4.69, 9.17) is 11.6 Å². The largest absolute Gasteiger partial charge is 0.376 e. The Labute approximate surface area is 83.4 Å². The van der Waals surface area contributed by atoms with Crippen molar-refractivity contribution in [2.45, 2.75) is 19.4 Å². The van der Waals surface area contributed by atoms with Gasteiger partial charge in [0, 0.05) is 16.3 Å². The highest BCUT2D eigenvalue weighted by Crippen LogP contribution is 2.35. The van der Waals surface area contributed by atoms with Crippen LogP contribution < -0.4 is 5.32 Å². The zero-order valence-corrected chi connectivity index (χ0v) is 8.52. The standard InChI is InChI=1S/C11H12ClN/c1-11(2)7-9(12)8-5-3-4-6-10(8)13-11/h3-7,13H,1-2H3. The molecule has 1 aliphatic heterocycles. The molecule has 1 aliphatic rings. The molecule has 0 fully saturated rings. The van der Waals surface area contributed by atoms with Crippen molar-refractivity contribution in [3.05, 3.63) is 35.9 Å². The van der Waals surface area contributed by atoms with Crippen molar-refractivity contribution in [1.82, 2.24) is 0 Å². The van der Waals surface area contributed by atoms with Gasteiger partial charge in [-0.1, -0.05) is 29.8 Å². The van der Waals surface area contributed by atoms with E-state index in [-0.39, 0.29) is 5.54 Å². The number of halogens is 1. The average Bonchev–Trinajstić information content (AvgIpc) is 2.02. The zero-order chi connectivity index (χ0) is 9.47. The minimum absolute atomic E-state index is 0.0502. The molecule has 1 aromatic carbocycles. The van der Waals surface area contributed by atoms with Crippen LogP contribution in [-0.2, 0) is 0 Å². The molecule has 0 aliphatic carbocycles. The monoisotopic (exact) mass is 193 g/mol. The Bertz CT molecular complexity index is 366. The summed E-state index contributed by atoms with van der Waals surface area (Å²) in [5.41, 5.74) is 2.15. The Morgan fingerprint density at radius 2 is 1.92 bits per heavy atom. The third-order valence-electron chi connectivity index (χ3n) is 2.13. The van der Waals surface area contributed by atoms with Crippen LogP contribution in [0.15, 0.2) is 30.3 Å². The first-order valence-corrected chi connectivity index (χ1v) is 4.72. The lowest BCUT2D eigenvalue weighted by Crippen LogP contribution is -2.31. The predicted molar refractivity (Wildman–Crippen MR) is 58.0 cm³/mol. The van der Waals surface area contributed by atoms with Gasteiger partial charge in [0.2, 0.25) is 0 Å². The maximum absolute atomic E-state index is 6.15. The van der Waals surface area contributed by atoms with E-state index < -0.39 is 0 Å². The number of nitrogens with one attached hydrogen (secondary N) is 1. The van der Waals surface area contributed by atoms with Gasteiger partial charge >= 0.3 is 0 Å². The van der Waals surface area contributed by atoms with Gasteiger partial charge in [0.1, 0.15) is 0 Å². The van der Waals surface area contributed by atoms with E-state index in [1.54, 1.807) is 0 Å². The van der Waals surface area contributed by atoms with Crippen molar-refractivity contribution in [3.63, 3.8) is 0 Å². The molecule has 1 nitrogen and oxygen atoms in total. The van der Waals surface area contributed by atoms with Crippen molar-refractivity contribution in [3.8, 4) is 0 Å². The first-order valence-electron chi connectivity index (χ1n) is 4.34. The van der Waals surface area contributed by atoms with E-state index in [9.17, 15) is 0 Å². The highest BCUT2D eigenvalue weighted by Gasteiger charge is 2.22. The van der Waals surface area contributed by atoms with Crippen molar-refractivity contribution in [2.24, 2.45) is 0 Å². The molecule has 0 spiro atoms. The Balaban J connectivity index is 2.55. The topological polar surface area (TPSA) is 12.0 Å². The minimum Gasteiger partial charge on any atom is -0.376 e. The maximum Gasteiger partial charge on any atom is 0.0517 e. The van der Waals surface area contributed by atoms with Crippen molar-refractivity contribution in [1.29, 1.82) is 0 Å². The normalized spacial score (nSPS) is 18.5. The summed E-state index contributed by atoms with van der Waals surface area (Å²) >= 11 is 6.15. The van der Waals surface area contributed by atoms with Crippen LogP contribution in [0, 0.1) is 0 Å². The van der Waals surface area contributed by atoms with Crippen LogP contribution in [0.4, 0.5) is 5.69 Å².